The van der Waals surface area contributed by atoms with Gasteiger partial charge < -0.3 is 15.6 Å². The molecule has 0 aliphatic heterocycles. The summed E-state index contributed by atoms with van der Waals surface area (Å²) in [4.78, 5) is 16.3. The van der Waals surface area contributed by atoms with Gasteiger partial charge in [0.15, 0.2) is 0 Å². The third-order valence-electron chi connectivity index (χ3n) is 3.41. The maximum Gasteiger partial charge on any atom is 0.224 e. The highest BCUT2D eigenvalue weighted by molar-refractivity contribution is 5.79. The molecule has 3 N–H and O–H groups in total. The standard InChI is InChI=1S/C16H22N4O/c1-13(11-20-8-7-18-12-20)19-16(21)15(10-17)9-14-5-3-2-4-6-14/h2-8,12-13,15H,9-11,17H2,1H3,(H,19,21). The molecule has 5 heteroatoms. The van der Waals surface area contributed by atoms with E-state index < -0.39 is 0 Å². The number of rotatable bonds is 7. The molecule has 1 aromatic heterocycles. The molecular weight excluding hydrogens is 264 g/mol. The van der Waals surface area contributed by atoms with Crippen molar-refractivity contribution in [3.63, 3.8) is 0 Å². The van der Waals surface area contributed by atoms with Crippen LogP contribution in [0.15, 0.2) is 49.1 Å². The molecule has 21 heavy (non-hydrogen) atoms. The number of hydrogen-bond acceptors (Lipinski definition) is 3. The van der Waals surface area contributed by atoms with E-state index >= 15 is 0 Å². The molecule has 2 aromatic rings. The van der Waals surface area contributed by atoms with Gasteiger partial charge in [-0.15, -0.1) is 0 Å². The Morgan fingerprint density at radius 2 is 2.14 bits per heavy atom. The molecule has 0 aliphatic rings. The normalized spacial score (nSPS) is 13.6. The molecule has 112 valence electrons. The van der Waals surface area contributed by atoms with E-state index in [4.69, 9.17) is 5.73 Å². The summed E-state index contributed by atoms with van der Waals surface area (Å²) in [5.41, 5.74) is 6.89. The first-order chi connectivity index (χ1) is 10.2. The van der Waals surface area contributed by atoms with Crippen molar-refractivity contribution >= 4 is 5.91 Å². The van der Waals surface area contributed by atoms with Crippen molar-refractivity contribution in [1.29, 1.82) is 0 Å². The van der Waals surface area contributed by atoms with Crippen LogP contribution >= 0.6 is 0 Å². The van der Waals surface area contributed by atoms with Gasteiger partial charge in [0.05, 0.1) is 12.2 Å². The minimum absolute atomic E-state index is 0.00830. The number of hydrogen-bond donors (Lipinski definition) is 2. The first-order valence-corrected chi connectivity index (χ1v) is 7.19. The van der Waals surface area contributed by atoms with Crippen LogP contribution in [0.3, 0.4) is 0 Å². The fourth-order valence-electron chi connectivity index (χ4n) is 2.30. The summed E-state index contributed by atoms with van der Waals surface area (Å²) >= 11 is 0. The molecular formula is C16H22N4O. The Morgan fingerprint density at radius 3 is 2.76 bits per heavy atom. The Balaban J connectivity index is 1.87. The second kappa shape index (κ2) is 7.59. The number of imidazole rings is 1. The third-order valence-corrected chi connectivity index (χ3v) is 3.41. The van der Waals surface area contributed by atoms with Crippen molar-refractivity contribution in [2.75, 3.05) is 6.54 Å². The molecule has 0 bridgehead atoms. The number of aromatic nitrogens is 2. The molecule has 2 unspecified atom stereocenters. The summed E-state index contributed by atoms with van der Waals surface area (Å²) in [6.07, 6.45) is 6.02. The summed E-state index contributed by atoms with van der Waals surface area (Å²) < 4.78 is 1.94. The Labute approximate surface area is 125 Å². The molecule has 0 radical (unpaired) electrons. The average molecular weight is 286 g/mol. The summed E-state index contributed by atoms with van der Waals surface area (Å²) in [6.45, 7) is 3.03. The topological polar surface area (TPSA) is 72.9 Å². The molecule has 2 rings (SSSR count). The highest BCUT2D eigenvalue weighted by Gasteiger charge is 2.19. The van der Waals surface area contributed by atoms with Gasteiger partial charge >= 0.3 is 0 Å². The van der Waals surface area contributed by atoms with Gasteiger partial charge in [0.1, 0.15) is 0 Å². The minimum atomic E-state index is -0.197. The number of benzene rings is 1. The lowest BCUT2D eigenvalue weighted by Gasteiger charge is -2.19. The van der Waals surface area contributed by atoms with Crippen LogP contribution in [-0.4, -0.2) is 28.0 Å². The lowest BCUT2D eigenvalue weighted by molar-refractivity contribution is -0.125. The first kappa shape index (κ1) is 15.3. The van der Waals surface area contributed by atoms with E-state index in [1.165, 1.54) is 0 Å². The fourth-order valence-corrected chi connectivity index (χ4v) is 2.30. The summed E-state index contributed by atoms with van der Waals surface area (Å²) in [7, 11) is 0. The van der Waals surface area contributed by atoms with Crippen molar-refractivity contribution in [1.82, 2.24) is 14.9 Å². The summed E-state index contributed by atoms with van der Waals surface area (Å²) in [6, 6.07) is 9.99. The highest BCUT2D eigenvalue weighted by Crippen LogP contribution is 2.08. The van der Waals surface area contributed by atoms with Crippen molar-refractivity contribution < 1.29 is 4.79 Å². The average Bonchev–Trinajstić information content (AvgIpc) is 2.98. The van der Waals surface area contributed by atoms with E-state index in [-0.39, 0.29) is 17.9 Å². The largest absolute Gasteiger partial charge is 0.352 e. The number of amides is 1. The van der Waals surface area contributed by atoms with Crippen LogP contribution in [-0.2, 0) is 17.8 Å². The van der Waals surface area contributed by atoms with E-state index in [1.807, 2.05) is 48.0 Å². The Kier molecular flexibility index (Phi) is 5.51. The van der Waals surface area contributed by atoms with Crippen molar-refractivity contribution in [2.45, 2.75) is 25.9 Å². The molecule has 1 heterocycles. The van der Waals surface area contributed by atoms with Gasteiger partial charge in [-0.25, -0.2) is 4.98 Å². The maximum absolute atomic E-state index is 12.3. The second-order valence-electron chi connectivity index (χ2n) is 5.29. The summed E-state index contributed by atoms with van der Waals surface area (Å²) in [5, 5.41) is 3.02. The molecule has 1 aromatic carbocycles. The van der Waals surface area contributed by atoms with Crippen molar-refractivity contribution in [3.8, 4) is 0 Å². The monoisotopic (exact) mass is 286 g/mol. The molecule has 0 aliphatic carbocycles. The first-order valence-electron chi connectivity index (χ1n) is 7.19. The van der Waals surface area contributed by atoms with Gasteiger partial charge in [0, 0.05) is 31.5 Å². The van der Waals surface area contributed by atoms with Crippen molar-refractivity contribution in [2.24, 2.45) is 11.7 Å². The van der Waals surface area contributed by atoms with E-state index in [1.54, 1.807) is 12.5 Å². The number of nitrogens with one attached hydrogen (secondary N) is 1. The quantitative estimate of drug-likeness (QED) is 0.803. The number of nitrogens with two attached hydrogens (primary N) is 1. The van der Waals surface area contributed by atoms with E-state index in [9.17, 15) is 4.79 Å². The molecule has 1 amide bonds. The smallest absolute Gasteiger partial charge is 0.224 e. The van der Waals surface area contributed by atoms with Gasteiger partial charge in [-0.3, -0.25) is 4.79 Å². The fraction of sp³-hybridized carbons (Fsp3) is 0.375. The van der Waals surface area contributed by atoms with Crippen LogP contribution < -0.4 is 11.1 Å². The van der Waals surface area contributed by atoms with E-state index in [0.717, 1.165) is 5.56 Å². The highest BCUT2D eigenvalue weighted by atomic mass is 16.1. The Bertz CT molecular complexity index is 539. The van der Waals surface area contributed by atoms with Gasteiger partial charge in [0.2, 0.25) is 5.91 Å². The lowest BCUT2D eigenvalue weighted by Crippen LogP contribution is -2.42. The zero-order chi connectivity index (χ0) is 15.1. The van der Waals surface area contributed by atoms with E-state index in [0.29, 0.717) is 19.5 Å². The van der Waals surface area contributed by atoms with Crippen LogP contribution in [0.25, 0.3) is 0 Å². The van der Waals surface area contributed by atoms with Crippen LogP contribution in [0.2, 0.25) is 0 Å². The molecule has 0 fully saturated rings. The van der Waals surface area contributed by atoms with E-state index in [2.05, 4.69) is 10.3 Å². The molecule has 0 saturated carbocycles. The van der Waals surface area contributed by atoms with Crippen LogP contribution in [0.5, 0.6) is 0 Å². The molecule has 5 nitrogen and oxygen atoms in total. The van der Waals surface area contributed by atoms with Gasteiger partial charge in [0.25, 0.3) is 0 Å². The van der Waals surface area contributed by atoms with Gasteiger partial charge in [-0.05, 0) is 18.9 Å². The zero-order valence-electron chi connectivity index (χ0n) is 12.3. The van der Waals surface area contributed by atoms with Gasteiger partial charge in [-0.1, -0.05) is 30.3 Å². The zero-order valence-corrected chi connectivity index (χ0v) is 12.3. The number of carbonyl (C=O) groups is 1. The Morgan fingerprint density at radius 1 is 1.38 bits per heavy atom. The predicted molar refractivity (Wildman–Crippen MR) is 82.5 cm³/mol. The summed E-state index contributed by atoms with van der Waals surface area (Å²) in [5.74, 6) is -0.188. The lowest BCUT2D eigenvalue weighted by atomic mass is 9.98. The number of carbonyl (C=O) groups excluding carboxylic acids is 1. The number of nitrogens with zero attached hydrogens (tertiary/aromatic N) is 2. The molecule has 0 spiro atoms. The minimum Gasteiger partial charge on any atom is -0.352 e. The van der Waals surface area contributed by atoms with Crippen molar-refractivity contribution in [3.05, 3.63) is 54.6 Å². The predicted octanol–water partition coefficient (Wildman–Crippen LogP) is 1.21. The molecule has 0 saturated heterocycles. The van der Waals surface area contributed by atoms with Crippen LogP contribution in [0, 0.1) is 5.92 Å². The maximum atomic E-state index is 12.3. The van der Waals surface area contributed by atoms with Crippen LogP contribution in [0.1, 0.15) is 12.5 Å². The van der Waals surface area contributed by atoms with Crippen LogP contribution in [0.4, 0.5) is 0 Å². The Hall–Kier alpha value is -2.14. The SMILES string of the molecule is CC(Cn1ccnc1)NC(=O)C(CN)Cc1ccccc1. The second-order valence-corrected chi connectivity index (χ2v) is 5.29. The molecule has 2 atom stereocenters. The third kappa shape index (κ3) is 4.72. The van der Waals surface area contributed by atoms with Gasteiger partial charge in [-0.2, -0.15) is 0 Å².